The topological polar surface area (TPSA) is 130 Å². The molecule has 0 heterocycles. The molecule has 2 amide bonds. The third-order valence-corrected chi connectivity index (χ3v) is 1.05. The van der Waals surface area contributed by atoms with Crippen LogP contribution in [-0.2, 0) is 0 Å². The van der Waals surface area contributed by atoms with E-state index in [4.69, 9.17) is 20.1 Å². The Morgan fingerprint density at radius 1 is 1.17 bits per heavy atom. The summed E-state index contributed by atoms with van der Waals surface area (Å²) < 4.78 is 0. The second-order valence-corrected chi connectivity index (χ2v) is 2.15. The van der Waals surface area contributed by atoms with Crippen LogP contribution in [-0.4, -0.2) is 41.2 Å². The Labute approximate surface area is 70.8 Å². The van der Waals surface area contributed by atoms with Crippen LogP contribution in [0.3, 0.4) is 0 Å². The second-order valence-electron chi connectivity index (χ2n) is 2.15. The van der Waals surface area contributed by atoms with Crippen molar-refractivity contribution < 1.29 is 20.1 Å². The molecule has 7 N–H and O–H groups in total. The molecule has 0 aromatic carbocycles. The van der Waals surface area contributed by atoms with E-state index in [0.717, 1.165) is 0 Å². The predicted molar refractivity (Wildman–Crippen MR) is 43.1 cm³/mol. The van der Waals surface area contributed by atoms with Crippen molar-refractivity contribution >= 4 is 6.03 Å². The van der Waals surface area contributed by atoms with Gasteiger partial charge in [-0.3, -0.25) is 0 Å². The fraction of sp³-hybridized carbons (Fsp3) is 0.833. The van der Waals surface area contributed by atoms with Gasteiger partial charge in [0.2, 0.25) is 0 Å². The lowest BCUT2D eigenvalue weighted by molar-refractivity contribution is 0.124. The van der Waals surface area contributed by atoms with E-state index < -0.39 is 6.03 Å². The van der Waals surface area contributed by atoms with E-state index in [1.165, 1.54) is 0 Å². The number of aliphatic hydroxyl groups is 3. The Morgan fingerprint density at radius 2 is 1.50 bits per heavy atom. The lowest BCUT2D eigenvalue weighted by atomic mass is 10.1. The summed E-state index contributed by atoms with van der Waals surface area (Å²) in [6, 6.07) is -0.833. The predicted octanol–water partition coefficient (Wildman–Crippen LogP) is -2.01. The second kappa shape index (κ2) is 10.2. The van der Waals surface area contributed by atoms with Gasteiger partial charge in [0.25, 0.3) is 0 Å². The third kappa shape index (κ3) is 16.1. The Balaban J connectivity index is 0. The summed E-state index contributed by atoms with van der Waals surface area (Å²) in [6.45, 7) is -0.0556. The maximum Gasteiger partial charge on any atom is 0.309 e. The fourth-order valence-electron chi connectivity index (χ4n) is 0.423. The zero-order valence-electron chi connectivity index (χ0n) is 6.81. The standard InChI is InChI=1S/C5H12O3.CH4N2O/c6-2-1-5(3-7)4-8;2-1(3)4/h5-8H,1-4H2;(H4,2,3,4). The zero-order valence-corrected chi connectivity index (χ0v) is 6.81. The molecule has 12 heavy (non-hydrogen) atoms. The Kier molecular flexibility index (Phi) is 11.6. The summed E-state index contributed by atoms with van der Waals surface area (Å²) in [5, 5.41) is 25.0. The van der Waals surface area contributed by atoms with Crippen LogP contribution in [0.4, 0.5) is 4.79 Å². The normalized spacial score (nSPS) is 9.00. The van der Waals surface area contributed by atoms with Gasteiger partial charge in [-0.15, -0.1) is 0 Å². The minimum absolute atomic E-state index is 0.0335. The lowest BCUT2D eigenvalue weighted by Crippen LogP contribution is -2.18. The van der Waals surface area contributed by atoms with Crippen LogP contribution >= 0.6 is 0 Å². The first kappa shape index (κ1) is 13.7. The van der Waals surface area contributed by atoms with Gasteiger partial charge < -0.3 is 26.8 Å². The van der Waals surface area contributed by atoms with Crippen LogP contribution < -0.4 is 11.5 Å². The number of amides is 2. The largest absolute Gasteiger partial charge is 0.396 e. The number of rotatable bonds is 4. The van der Waals surface area contributed by atoms with Gasteiger partial charge in [-0.2, -0.15) is 0 Å². The average Bonchev–Trinajstić information content (AvgIpc) is 1.99. The van der Waals surface area contributed by atoms with Gasteiger partial charge >= 0.3 is 6.03 Å². The lowest BCUT2D eigenvalue weighted by Gasteiger charge is -2.06. The van der Waals surface area contributed by atoms with Crippen LogP contribution in [0.2, 0.25) is 0 Å². The maximum atomic E-state index is 9.00. The monoisotopic (exact) mass is 180 g/mol. The van der Waals surface area contributed by atoms with Crippen molar-refractivity contribution in [3.8, 4) is 0 Å². The molecule has 0 aliphatic carbocycles. The quantitative estimate of drug-likeness (QED) is 0.342. The summed E-state index contributed by atoms with van der Waals surface area (Å²) in [5.74, 6) is -0.139. The number of carbonyl (C=O) groups excluding carboxylic acids is 1. The number of primary amides is 2. The first-order valence-corrected chi connectivity index (χ1v) is 3.45. The molecule has 0 fully saturated rings. The van der Waals surface area contributed by atoms with E-state index in [1.54, 1.807) is 0 Å². The molecule has 74 valence electrons. The molecule has 0 rings (SSSR count). The first-order valence-electron chi connectivity index (χ1n) is 3.45. The number of hydrogen-bond donors (Lipinski definition) is 5. The number of nitrogens with two attached hydrogens (primary N) is 2. The molecule has 0 saturated heterocycles. The summed E-state index contributed by atoms with van der Waals surface area (Å²) in [6.07, 6.45) is 0.479. The van der Waals surface area contributed by atoms with Crippen molar-refractivity contribution in [2.24, 2.45) is 17.4 Å². The number of hydrogen-bond acceptors (Lipinski definition) is 4. The Hall–Kier alpha value is -0.850. The first-order chi connectivity index (χ1) is 5.58. The maximum absolute atomic E-state index is 9.00. The highest BCUT2D eigenvalue weighted by molar-refractivity contribution is 5.69. The smallest absolute Gasteiger partial charge is 0.309 e. The van der Waals surface area contributed by atoms with Crippen LogP contribution in [0.1, 0.15) is 6.42 Å². The molecular formula is C6H16N2O4. The van der Waals surface area contributed by atoms with Crippen molar-refractivity contribution in [2.45, 2.75) is 6.42 Å². The SMILES string of the molecule is NC(N)=O.OCCC(CO)CO. The van der Waals surface area contributed by atoms with E-state index in [1.807, 2.05) is 0 Å². The molecule has 0 aromatic heterocycles. The molecule has 0 aliphatic heterocycles. The van der Waals surface area contributed by atoms with Crippen molar-refractivity contribution in [3.05, 3.63) is 0 Å². The molecule has 0 spiro atoms. The highest BCUT2D eigenvalue weighted by Gasteiger charge is 2.02. The van der Waals surface area contributed by atoms with Crippen molar-refractivity contribution in [2.75, 3.05) is 19.8 Å². The molecule has 0 saturated carbocycles. The molecule has 6 nitrogen and oxygen atoms in total. The van der Waals surface area contributed by atoms with Crippen molar-refractivity contribution in [1.29, 1.82) is 0 Å². The average molecular weight is 180 g/mol. The van der Waals surface area contributed by atoms with Gasteiger partial charge in [0.15, 0.2) is 0 Å². The van der Waals surface area contributed by atoms with Crippen LogP contribution in [0.15, 0.2) is 0 Å². The molecule has 0 atom stereocenters. The number of aliphatic hydroxyl groups excluding tert-OH is 3. The highest BCUT2D eigenvalue weighted by Crippen LogP contribution is 1.97. The van der Waals surface area contributed by atoms with Gasteiger partial charge in [0, 0.05) is 25.7 Å². The van der Waals surface area contributed by atoms with Gasteiger partial charge in [0.1, 0.15) is 0 Å². The third-order valence-electron chi connectivity index (χ3n) is 1.05. The van der Waals surface area contributed by atoms with Crippen molar-refractivity contribution in [3.63, 3.8) is 0 Å². The highest BCUT2D eigenvalue weighted by atomic mass is 16.3. The van der Waals surface area contributed by atoms with Crippen LogP contribution in [0.25, 0.3) is 0 Å². The number of urea groups is 1. The molecule has 0 aromatic rings. The van der Waals surface area contributed by atoms with Gasteiger partial charge in [-0.05, 0) is 6.42 Å². The molecule has 0 radical (unpaired) electrons. The number of carbonyl (C=O) groups is 1. The summed E-state index contributed by atoms with van der Waals surface area (Å²) in [5.41, 5.74) is 8.50. The van der Waals surface area contributed by atoms with E-state index in [0.29, 0.717) is 6.42 Å². The molecule has 0 aliphatic rings. The Bertz CT molecular complexity index is 102. The van der Waals surface area contributed by atoms with Crippen LogP contribution in [0.5, 0.6) is 0 Å². The van der Waals surface area contributed by atoms with E-state index >= 15 is 0 Å². The fourth-order valence-corrected chi connectivity index (χ4v) is 0.423. The molecular weight excluding hydrogens is 164 g/mol. The van der Waals surface area contributed by atoms with Crippen LogP contribution in [0, 0.1) is 5.92 Å². The zero-order chi connectivity index (χ0) is 9.98. The molecule has 0 bridgehead atoms. The van der Waals surface area contributed by atoms with E-state index in [9.17, 15) is 0 Å². The minimum atomic E-state index is -0.833. The summed E-state index contributed by atoms with van der Waals surface area (Å²) in [7, 11) is 0. The van der Waals surface area contributed by atoms with Gasteiger partial charge in [-0.25, -0.2) is 4.79 Å². The Morgan fingerprint density at radius 3 is 1.58 bits per heavy atom. The summed E-state index contributed by atoms with van der Waals surface area (Å²) in [4.78, 5) is 9.00. The molecule has 6 heteroatoms. The van der Waals surface area contributed by atoms with Gasteiger partial charge in [0.05, 0.1) is 0 Å². The van der Waals surface area contributed by atoms with E-state index in [2.05, 4.69) is 11.5 Å². The van der Waals surface area contributed by atoms with Crippen molar-refractivity contribution in [1.82, 2.24) is 0 Å². The molecule has 0 unspecified atom stereocenters. The summed E-state index contributed by atoms with van der Waals surface area (Å²) >= 11 is 0. The minimum Gasteiger partial charge on any atom is -0.396 e. The van der Waals surface area contributed by atoms with Gasteiger partial charge in [-0.1, -0.05) is 0 Å². The van der Waals surface area contributed by atoms with E-state index in [-0.39, 0.29) is 25.7 Å².